The number of rotatable bonds is 7. The van der Waals surface area contributed by atoms with Gasteiger partial charge in [-0.25, -0.2) is 0 Å². The highest BCUT2D eigenvalue weighted by Crippen LogP contribution is 2.20. The minimum atomic E-state index is 0.376. The summed E-state index contributed by atoms with van der Waals surface area (Å²) >= 11 is 0. The fourth-order valence-electron chi connectivity index (χ4n) is 1.92. The first-order valence-electron chi connectivity index (χ1n) is 6.86. The van der Waals surface area contributed by atoms with Gasteiger partial charge in [-0.2, -0.15) is 0 Å². The van der Waals surface area contributed by atoms with E-state index in [1.807, 2.05) is 0 Å². The van der Waals surface area contributed by atoms with Gasteiger partial charge in [0.1, 0.15) is 0 Å². The van der Waals surface area contributed by atoms with Gasteiger partial charge >= 0.3 is 0 Å². The summed E-state index contributed by atoms with van der Waals surface area (Å²) in [7, 11) is 2.17. The molecule has 0 aliphatic carbocycles. The highest BCUT2D eigenvalue weighted by molar-refractivity contribution is 4.66. The van der Waals surface area contributed by atoms with E-state index in [0.29, 0.717) is 10.8 Å². The maximum atomic E-state index is 5.67. The molecule has 0 unspecified atom stereocenters. The van der Waals surface area contributed by atoms with Crippen LogP contribution in [0.5, 0.6) is 0 Å². The molecule has 2 heteroatoms. The van der Waals surface area contributed by atoms with Crippen molar-refractivity contribution in [2.45, 2.75) is 54.4 Å². The molecule has 0 bridgehead atoms. The largest absolute Gasteiger partial charge is 0.380 e. The first-order chi connectivity index (χ1) is 7.60. The third-order valence-corrected chi connectivity index (χ3v) is 2.58. The monoisotopic (exact) mass is 243 g/mol. The molecule has 0 aliphatic rings. The molecule has 0 aromatic heterocycles. The smallest absolute Gasteiger partial charge is 0.0593 e. The summed E-state index contributed by atoms with van der Waals surface area (Å²) < 4.78 is 5.67. The van der Waals surface area contributed by atoms with Crippen molar-refractivity contribution in [1.82, 2.24) is 4.90 Å². The molecule has 104 valence electrons. The molecule has 0 spiro atoms. The van der Waals surface area contributed by atoms with Crippen molar-refractivity contribution in [3.05, 3.63) is 0 Å². The Kier molecular flexibility index (Phi) is 7.34. The van der Waals surface area contributed by atoms with E-state index in [9.17, 15) is 0 Å². The van der Waals surface area contributed by atoms with Crippen molar-refractivity contribution in [3.63, 3.8) is 0 Å². The topological polar surface area (TPSA) is 12.5 Å². The predicted molar refractivity (Wildman–Crippen MR) is 76.5 cm³/mol. The summed E-state index contributed by atoms with van der Waals surface area (Å²) in [6, 6.07) is 0. The second-order valence-electron chi connectivity index (χ2n) is 7.58. The lowest BCUT2D eigenvalue weighted by Gasteiger charge is -2.26. The molecule has 17 heavy (non-hydrogen) atoms. The van der Waals surface area contributed by atoms with Crippen LogP contribution in [0.2, 0.25) is 0 Å². The predicted octanol–water partition coefficient (Wildman–Crippen LogP) is 3.81. The van der Waals surface area contributed by atoms with Crippen LogP contribution in [0.25, 0.3) is 0 Å². The Hall–Kier alpha value is -0.0800. The van der Waals surface area contributed by atoms with Gasteiger partial charge in [-0.15, -0.1) is 0 Å². The van der Waals surface area contributed by atoms with Crippen LogP contribution < -0.4 is 0 Å². The van der Waals surface area contributed by atoms with E-state index in [0.717, 1.165) is 26.3 Å². The lowest BCUT2D eigenvalue weighted by molar-refractivity contribution is 0.0936. The Labute approximate surface area is 109 Å². The van der Waals surface area contributed by atoms with E-state index in [1.165, 1.54) is 12.8 Å². The Morgan fingerprint density at radius 2 is 1.47 bits per heavy atom. The Morgan fingerprint density at radius 1 is 0.882 bits per heavy atom. The van der Waals surface area contributed by atoms with E-state index >= 15 is 0 Å². The molecule has 0 N–H and O–H groups in total. The molecule has 0 atom stereocenters. The number of nitrogens with zero attached hydrogens (tertiary/aromatic N) is 1. The molecule has 0 heterocycles. The van der Waals surface area contributed by atoms with Gasteiger partial charge in [0.15, 0.2) is 0 Å². The molecule has 0 radical (unpaired) electrons. The fraction of sp³-hybridized carbons (Fsp3) is 1.00. The second kappa shape index (κ2) is 7.38. The molecule has 0 rings (SSSR count). The van der Waals surface area contributed by atoms with Crippen LogP contribution in [0.1, 0.15) is 54.4 Å². The average molecular weight is 243 g/mol. The molecular formula is C15H33NO. The quantitative estimate of drug-likeness (QED) is 0.631. The van der Waals surface area contributed by atoms with Gasteiger partial charge in [0.05, 0.1) is 6.61 Å². The molecule has 0 saturated carbocycles. The lowest BCUT2D eigenvalue weighted by atomic mass is 9.91. The van der Waals surface area contributed by atoms with Crippen LogP contribution in [0, 0.1) is 10.8 Å². The van der Waals surface area contributed by atoms with Gasteiger partial charge < -0.3 is 9.64 Å². The SMILES string of the molecule is CN(CCOCCCC(C)(C)C)CC(C)(C)C. The van der Waals surface area contributed by atoms with Gasteiger partial charge in [0.25, 0.3) is 0 Å². The molecule has 2 nitrogen and oxygen atoms in total. The minimum absolute atomic E-state index is 0.376. The fourth-order valence-corrected chi connectivity index (χ4v) is 1.92. The lowest BCUT2D eigenvalue weighted by Crippen LogP contribution is -2.32. The van der Waals surface area contributed by atoms with E-state index < -0.39 is 0 Å². The van der Waals surface area contributed by atoms with Crippen molar-refractivity contribution in [2.24, 2.45) is 10.8 Å². The van der Waals surface area contributed by atoms with Crippen LogP contribution in [0.15, 0.2) is 0 Å². The zero-order chi connectivity index (χ0) is 13.5. The molecular weight excluding hydrogens is 210 g/mol. The van der Waals surface area contributed by atoms with Crippen molar-refractivity contribution in [2.75, 3.05) is 33.4 Å². The Bertz CT molecular complexity index is 188. The molecule has 0 saturated heterocycles. The standard InChI is InChI=1S/C15H33NO/c1-14(2,3)9-8-11-17-12-10-16(7)13-15(4,5)6/h8-13H2,1-7H3. The third-order valence-electron chi connectivity index (χ3n) is 2.58. The van der Waals surface area contributed by atoms with Crippen molar-refractivity contribution >= 4 is 0 Å². The molecule has 0 aliphatic heterocycles. The van der Waals surface area contributed by atoms with Gasteiger partial charge in [-0.1, -0.05) is 41.5 Å². The zero-order valence-electron chi connectivity index (χ0n) is 13.1. The van der Waals surface area contributed by atoms with E-state index in [4.69, 9.17) is 4.74 Å². The maximum Gasteiger partial charge on any atom is 0.0593 e. The number of likely N-dealkylation sites (N-methyl/N-ethyl adjacent to an activating group) is 1. The van der Waals surface area contributed by atoms with E-state index in [1.54, 1.807) is 0 Å². The Balaban J connectivity index is 3.40. The molecule has 0 aromatic rings. The summed E-state index contributed by atoms with van der Waals surface area (Å²) in [6.45, 7) is 17.6. The van der Waals surface area contributed by atoms with Crippen LogP contribution >= 0.6 is 0 Å². The molecule has 0 aromatic carbocycles. The minimum Gasteiger partial charge on any atom is -0.380 e. The first kappa shape index (κ1) is 16.9. The first-order valence-corrected chi connectivity index (χ1v) is 6.86. The van der Waals surface area contributed by atoms with Gasteiger partial charge in [-0.05, 0) is 30.7 Å². The summed E-state index contributed by atoms with van der Waals surface area (Å²) in [5.41, 5.74) is 0.813. The second-order valence-corrected chi connectivity index (χ2v) is 7.58. The van der Waals surface area contributed by atoms with E-state index in [-0.39, 0.29) is 0 Å². The highest BCUT2D eigenvalue weighted by atomic mass is 16.5. The number of hydrogen-bond donors (Lipinski definition) is 0. The van der Waals surface area contributed by atoms with Crippen LogP contribution in [-0.4, -0.2) is 38.3 Å². The van der Waals surface area contributed by atoms with Gasteiger partial charge in [0.2, 0.25) is 0 Å². The highest BCUT2D eigenvalue weighted by Gasteiger charge is 2.13. The molecule has 0 fully saturated rings. The summed E-state index contributed by atoms with van der Waals surface area (Å²) in [4.78, 5) is 2.35. The van der Waals surface area contributed by atoms with Crippen molar-refractivity contribution < 1.29 is 4.74 Å². The van der Waals surface area contributed by atoms with Gasteiger partial charge in [-0.3, -0.25) is 0 Å². The van der Waals surface area contributed by atoms with Crippen LogP contribution in [0.3, 0.4) is 0 Å². The van der Waals surface area contributed by atoms with E-state index in [2.05, 4.69) is 53.5 Å². The van der Waals surface area contributed by atoms with Crippen molar-refractivity contribution in [1.29, 1.82) is 0 Å². The Morgan fingerprint density at radius 3 is 1.94 bits per heavy atom. The maximum absolute atomic E-state index is 5.67. The average Bonchev–Trinajstić information content (AvgIpc) is 2.06. The number of ether oxygens (including phenoxy) is 1. The summed E-state index contributed by atoms with van der Waals surface area (Å²) in [6.07, 6.45) is 2.41. The van der Waals surface area contributed by atoms with Crippen LogP contribution in [0.4, 0.5) is 0 Å². The summed E-state index contributed by atoms with van der Waals surface area (Å²) in [5, 5.41) is 0. The zero-order valence-corrected chi connectivity index (χ0v) is 13.1. The summed E-state index contributed by atoms with van der Waals surface area (Å²) in [5.74, 6) is 0. The normalized spacial score (nSPS) is 13.4. The number of hydrogen-bond acceptors (Lipinski definition) is 2. The molecule has 0 amide bonds. The third kappa shape index (κ3) is 13.9. The van der Waals surface area contributed by atoms with Crippen molar-refractivity contribution in [3.8, 4) is 0 Å². The van der Waals surface area contributed by atoms with Crippen LogP contribution in [-0.2, 0) is 4.74 Å². The van der Waals surface area contributed by atoms with Gasteiger partial charge in [0, 0.05) is 19.7 Å².